The molecular formula is C21H23N5O4. The van der Waals surface area contributed by atoms with Gasteiger partial charge in [-0.1, -0.05) is 0 Å². The SMILES string of the molecule is Cc1cc(C)n2nc(C(=O)NC3CCC(Oc4ccc5c(c4)OCO5)CC3)nc2n1. The fourth-order valence-electron chi connectivity index (χ4n) is 3.98. The Labute approximate surface area is 173 Å². The van der Waals surface area contributed by atoms with Gasteiger partial charge in [-0.05, 0) is 57.7 Å². The summed E-state index contributed by atoms with van der Waals surface area (Å²) >= 11 is 0. The minimum Gasteiger partial charge on any atom is -0.490 e. The molecule has 0 atom stereocenters. The van der Waals surface area contributed by atoms with Gasteiger partial charge in [-0.25, -0.2) is 9.50 Å². The molecule has 0 spiro atoms. The Morgan fingerprint density at radius 3 is 2.73 bits per heavy atom. The van der Waals surface area contributed by atoms with E-state index in [0.717, 1.165) is 48.6 Å². The first-order valence-corrected chi connectivity index (χ1v) is 10.1. The number of aromatic nitrogens is 4. The highest BCUT2D eigenvalue weighted by atomic mass is 16.7. The van der Waals surface area contributed by atoms with Crippen LogP contribution < -0.4 is 19.5 Å². The molecule has 0 bridgehead atoms. The molecule has 1 saturated carbocycles. The van der Waals surface area contributed by atoms with E-state index in [2.05, 4.69) is 20.4 Å². The minimum atomic E-state index is -0.266. The molecule has 1 N–H and O–H groups in total. The summed E-state index contributed by atoms with van der Waals surface area (Å²) in [6, 6.07) is 7.61. The molecule has 1 aliphatic heterocycles. The van der Waals surface area contributed by atoms with Gasteiger partial charge in [0.1, 0.15) is 5.75 Å². The highest BCUT2D eigenvalue weighted by Gasteiger charge is 2.26. The second-order valence-corrected chi connectivity index (χ2v) is 7.77. The zero-order chi connectivity index (χ0) is 20.7. The predicted octanol–water partition coefficient (Wildman–Crippen LogP) is 2.59. The summed E-state index contributed by atoms with van der Waals surface area (Å²) < 4.78 is 18.4. The van der Waals surface area contributed by atoms with Crippen LogP contribution in [0.2, 0.25) is 0 Å². The first-order valence-electron chi connectivity index (χ1n) is 10.1. The van der Waals surface area contributed by atoms with Crippen LogP contribution in [0.3, 0.4) is 0 Å². The highest BCUT2D eigenvalue weighted by Crippen LogP contribution is 2.36. The third-order valence-corrected chi connectivity index (χ3v) is 5.48. The van der Waals surface area contributed by atoms with Crippen molar-refractivity contribution < 1.29 is 19.0 Å². The molecule has 1 amide bonds. The quantitative estimate of drug-likeness (QED) is 0.707. The van der Waals surface area contributed by atoms with Crippen LogP contribution in [0.1, 0.15) is 47.7 Å². The molecule has 1 fully saturated rings. The Morgan fingerprint density at radius 2 is 1.90 bits per heavy atom. The lowest BCUT2D eigenvalue weighted by Crippen LogP contribution is -2.40. The van der Waals surface area contributed by atoms with Gasteiger partial charge in [-0.2, -0.15) is 4.98 Å². The number of nitrogens with one attached hydrogen (secondary N) is 1. The smallest absolute Gasteiger partial charge is 0.291 e. The average molecular weight is 409 g/mol. The van der Waals surface area contributed by atoms with Gasteiger partial charge in [-0.15, -0.1) is 5.10 Å². The third kappa shape index (κ3) is 3.62. The number of hydrogen-bond donors (Lipinski definition) is 1. The molecule has 9 heteroatoms. The van der Waals surface area contributed by atoms with Crippen LogP contribution in [0, 0.1) is 13.8 Å². The second-order valence-electron chi connectivity index (χ2n) is 7.77. The van der Waals surface area contributed by atoms with E-state index in [1.807, 2.05) is 38.1 Å². The van der Waals surface area contributed by atoms with E-state index < -0.39 is 0 Å². The molecule has 30 heavy (non-hydrogen) atoms. The van der Waals surface area contributed by atoms with E-state index in [9.17, 15) is 4.79 Å². The van der Waals surface area contributed by atoms with Crippen molar-refractivity contribution in [1.82, 2.24) is 24.9 Å². The third-order valence-electron chi connectivity index (χ3n) is 5.48. The van der Waals surface area contributed by atoms with Gasteiger partial charge in [-0.3, -0.25) is 4.79 Å². The fraction of sp³-hybridized carbons (Fsp3) is 0.429. The number of carbonyl (C=O) groups is 1. The first kappa shape index (κ1) is 18.7. The van der Waals surface area contributed by atoms with E-state index in [0.29, 0.717) is 11.5 Å². The molecule has 2 aromatic heterocycles. The zero-order valence-electron chi connectivity index (χ0n) is 16.9. The van der Waals surface area contributed by atoms with Crippen LogP contribution in [0.25, 0.3) is 5.78 Å². The van der Waals surface area contributed by atoms with E-state index in [-0.39, 0.29) is 30.7 Å². The van der Waals surface area contributed by atoms with Crippen molar-refractivity contribution in [2.75, 3.05) is 6.79 Å². The molecule has 0 saturated heterocycles. The number of rotatable bonds is 4. The standard InChI is InChI=1S/C21H23N5O4/c1-12-9-13(2)26-21(22-12)24-19(25-26)20(27)23-14-3-5-15(6-4-14)30-16-7-8-17-18(10-16)29-11-28-17/h7-10,14-15H,3-6,11H2,1-2H3,(H,23,27). The summed E-state index contributed by atoms with van der Waals surface area (Å²) in [6.45, 7) is 4.06. The number of fused-ring (bicyclic) bond motifs is 2. The van der Waals surface area contributed by atoms with Crippen molar-refractivity contribution in [2.45, 2.75) is 51.7 Å². The largest absolute Gasteiger partial charge is 0.490 e. The molecule has 0 radical (unpaired) electrons. The second kappa shape index (κ2) is 7.47. The lowest BCUT2D eigenvalue weighted by molar-refractivity contribution is 0.0883. The topological polar surface area (TPSA) is 99.9 Å². The maximum Gasteiger partial charge on any atom is 0.291 e. The Kier molecular flexibility index (Phi) is 4.65. The molecule has 156 valence electrons. The van der Waals surface area contributed by atoms with Gasteiger partial charge >= 0.3 is 0 Å². The van der Waals surface area contributed by atoms with E-state index in [1.165, 1.54) is 0 Å². The van der Waals surface area contributed by atoms with Crippen molar-refractivity contribution in [1.29, 1.82) is 0 Å². The lowest BCUT2D eigenvalue weighted by atomic mass is 9.93. The summed E-state index contributed by atoms with van der Waals surface area (Å²) in [5.41, 5.74) is 1.74. The van der Waals surface area contributed by atoms with Crippen LogP contribution in [-0.2, 0) is 0 Å². The number of ether oxygens (including phenoxy) is 3. The molecule has 1 aromatic carbocycles. The molecule has 5 rings (SSSR count). The van der Waals surface area contributed by atoms with Crippen molar-refractivity contribution in [2.24, 2.45) is 0 Å². The van der Waals surface area contributed by atoms with Gasteiger partial charge < -0.3 is 19.5 Å². The monoisotopic (exact) mass is 409 g/mol. The first-order chi connectivity index (χ1) is 14.5. The summed E-state index contributed by atoms with van der Waals surface area (Å²) in [5.74, 6) is 2.56. The van der Waals surface area contributed by atoms with Crippen molar-refractivity contribution in [3.05, 3.63) is 41.5 Å². The number of hydrogen-bond acceptors (Lipinski definition) is 7. The summed E-state index contributed by atoms with van der Waals surface area (Å²) in [5, 5.41) is 7.35. The summed E-state index contributed by atoms with van der Waals surface area (Å²) in [7, 11) is 0. The van der Waals surface area contributed by atoms with Crippen LogP contribution in [-0.4, -0.2) is 44.4 Å². The van der Waals surface area contributed by atoms with Crippen LogP contribution in [0.15, 0.2) is 24.3 Å². The van der Waals surface area contributed by atoms with Gasteiger partial charge in [0.2, 0.25) is 12.6 Å². The molecule has 9 nitrogen and oxygen atoms in total. The molecular weight excluding hydrogens is 386 g/mol. The number of amides is 1. The maximum atomic E-state index is 12.6. The number of aryl methyl sites for hydroxylation is 2. The Balaban J connectivity index is 1.17. The van der Waals surface area contributed by atoms with Gasteiger partial charge in [0.25, 0.3) is 11.7 Å². The van der Waals surface area contributed by atoms with Crippen LogP contribution >= 0.6 is 0 Å². The molecule has 3 aromatic rings. The summed E-state index contributed by atoms with van der Waals surface area (Å²) in [6.07, 6.45) is 3.51. The van der Waals surface area contributed by atoms with Gasteiger partial charge in [0.15, 0.2) is 11.5 Å². The van der Waals surface area contributed by atoms with Gasteiger partial charge in [0, 0.05) is 23.5 Å². The number of benzene rings is 1. The van der Waals surface area contributed by atoms with E-state index in [4.69, 9.17) is 14.2 Å². The van der Waals surface area contributed by atoms with Gasteiger partial charge in [0.05, 0.1) is 6.10 Å². The Bertz CT molecular complexity index is 1100. The summed E-state index contributed by atoms with van der Waals surface area (Å²) in [4.78, 5) is 21.2. The molecule has 0 unspecified atom stereocenters. The lowest BCUT2D eigenvalue weighted by Gasteiger charge is -2.29. The number of carbonyl (C=O) groups excluding carboxylic acids is 1. The van der Waals surface area contributed by atoms with Crippen LogP contribution in [0.5, 0.6) is 17.2 Å². The molecule has 1 aliphatic carbocycles. The number of nitrogens with zero attached hydrogens (tertiary/aromatic N) is 4. The maximum absolute atomic E-state index is 12.6. The molecule has 3 heterocycles. The highest BCUT2D eigenvalue weighted by molar-refractivity contribution is 5.91. The van der Waals surface area contributed by atoms with Crippen molar-refractivity contribution in [3.63, 3.8) is 0 Å². The normalized spacial score (nSPS) is 20.3. The Morgan fingerprint density at radius 1 is 1.10 bits per heavy atom. The fourth-order valence-corrected chi connectivity index (χ4v) is 3.98. The van der Waals surface area contributed by atoms with E-state index >= 15 is 0 Å². The van der Waals surface area contributed by atoms with Crippen molar-refractivity contribution in [3.8, 4) is 17.2 Å². The molecule has 2 aliphatic rings. The van der Waals surface area contributed by atoms with Crippen LogP contribution in [0.4, 0.5) is 0 Å². The minimum absolute atomic E-state index is 0.0801. The van der Waals surface area contributed by atoms with E-state index in [1.54, 1.807) is 4.52 Å². The average Bonchev–Trinajstić information content (AvgIpc) is 3.36. The zero-order valence-corrected chi connectivity index (χ0v) is 16.9. The predicted molar refractivity (Wildman–Crippen MR) is 107 cm³/mol. The van der Waals surface area contributed by atoms with Crippen molar-refractivity contribution >= 4 is 11.7 Å². The Hall–Kier alpha value is -3.36.